The van der Waals surface area contributed by atoms with Crippen molar-refractivity contribution in [1.82, 2.24) is 0 Å². The lowest BCUT2D eigenvalue weighted by Gasteiger charge is -2.16. The molecule has 2 nitrogen and oxygen atoms in total. The largest absolute Gasteiger partial charge is 0.373 e. The second-order valence-electron chi connectivity index (χ2n) is 5.52. The fourth-order valence-electron chi connectivity index (χ4n) is 3.61. The lowest BCUT2D eigenvalue weighted by atomic mass is 9.85. The van der Waals surface area contributed by atoms with E-state index in [4.69, 9.17) is 9.47 Å². The summed E-state index contributed by atoms with van der Waals surface area (Å²) in [7, 11) is 0. The SMILES string of the molecule is C1=CC(C2OCC3C(C4=CCC=C4)OCC23)=CC1. The van der Waals surface area contributed by atoms with E-state index in [1.165, 1.54) is 11.1 Å². The van der Waals surface area contributed by atoms with Crippen LogP contribution in [0.2, 0.25) is 0 Å². The highest BCUT2D eigenvalue weighted by Gasteiger charge is 2.48. The van der Waals surface area contributed by atoms with Gasteiger partial charge in [-0.2, -0.15) is 0 Å². The van der Waals surface area contributed by atoms with Crippen molar-refractivity contribution in [3.05, 3.63) is 47.6 Å². The first-order valence-corrected chi connectivity index (χ1v) is 6.90. The van der Waals surface area contributed by atoms with E-state index < -0.39 is 0 Å². The summed E-state index contributed by atoms with van der Waals surface area (Å²) in [6.45, 7) is 1.69. The highest BCUT2D eigenvalue weighted by atomic mass is 16.5. The fourth-order valence-corrected chi connectivity index (χ4v) is 3.61. The number of hydrogen-bond acceptors (Lipinski definition) is 2. The number of hydrogen-bond donors (Lipinski definition) is 0. The van der Waals surface area contributed by atoms with Gasteiger partial charge in [-0.05, 0) is 24.0 Å². The van der Waals surface area contributed by atoms with Crippen LogP contribution in [-0.2, 0) is 9.47 Å². The molecule has 0 bridgehead atoms. The van der Waals surface area contributed by atoms with Crippen molar-refractivity contribution < 1.29 is 9.47 Å². The van der Waals surface area contributed by atoms with Crippen molar-refractivity contribution in [2.24, 2.45) is 11.8 Å². The van der Waals surface area contributed by atoms with Crippen molar-refractivity contribution in [3.8, 4) is 0 Å². The number of fused-ring (bicyclic) bond motifs is 1. The van der Waals surface area contributed by atoms with Gasteiger partial charge in [-0.25, -0.2) is 0 Å². The zero-order valence-corrected chi connectivity index (χ0v) is 10.4. The first-order chi connectivity index (χ1) is 8.93. The molecule has 4 aliphatic rings. The van der Waals surface area contributed by atoms with Crippen LogP contribution in [-0.4, -0.2) is 25.4 Å². The van der Waals surface area contributed by atoms with E-state index in [0.29, 0.717) is 11.8 Å². The highest BCUT2D eigenvalue weighted by molar-refractivity contribution is 5.35. The van der Waals surface area contributed by atoms with Crippen LogP contribution in [0, 0.1) is 11.8 Å². The molecule has 0 N–H and O–H groups in total. The maximum atomic E-state index is 6.04. The molecule has 0 spiro atoms. The van der Waals surface area contributed by atoms with Gasteiger partial charge in [0.2, 0.25) is 0 Å². The van der Waals surface area contributed by atoms with E-state index in [-0.39, 0.29) is 12.2 Å². The van der Waals surface area contributed by atoms with Crippen LogP contribution in [0.3, 0.4) is 0 Å². The van der Waals surface area contributed by atoms with Crippen LogP contribution in [0.25, 0.3) is 0 Å². The van der Waals surface area contributed by atoms with Crippen molar-refractivity contribution in [2.45, 2.75) is 25.0 Å². The Kier molecular flexibility index (Phi) is 2.52. The molecule has 94 valence electrons. The minimum Gasteiger partial charge on any atom is -0.373 e. The maximum absolute atomic E-state index is 6.04. The monoisotopic (exact) mass is 242 g/mol. The van der Waals surface area contributed by atoms with E-state index in [2.05, 4.69) is 36.5 Å². The Morgan fingerprint density at radius 3 is 1.67 bits per heavy atom. The van der Waals surface area contributed by atoms with Gasteiger partial charge in [0, 0.05) is 11.8 Å². The Hall–Kier alpha value is -1.12. The van der Waals surface area contributed by atoms with Crippen LogP contribution >= 0.6 is 0 Å². The van der Waals surface area contributed by atoms with Gasteiger partial charge in [0.15, 0.2) is 0 Å². The van der Waals surface area contributed by atoms with Gasteiger partial charge in [-0.1, -0.05) is 36.5 Å². The predicted octanol–water partition coefficient (Wildman–Crippen LogP) is 2.79. The van der Waals surface area contributed by atoms with Crippen LogP contribution in [0.5, 0.6) is 0 Å². The molecule has 2 aliphatic carbocycles. The van der Waals surface area contributed by atoms with Gasteiger partial charge in [0.1, 0.15) is 0 Å². The normalized spacial score (nSPS) is 41.3. The summed E-state index contributed by atoms with van der Waals surface area (Å²) in [5, 5.41) is 0. The average molecular weight is 242 g/mol. The van der Waals surface area contributed by atoms with Crippen molar-refractivity contribution in [1.29, 1.82) is 0 Å². The molecule has 0 amide bonds. The minimum absolute atomic E-state index is 0.268. The van der Waals surface area contributed by atoms with Gasteiger partial charge in [-0.15, -0.1) is 0 Å². The van der Waals surface area contributed by atoms with Gasteiger partial charge >= 0.3 is 0 Å². The standard InChI is InChI=1S/C16H18O2/c1-2-6-11(5-1)15-13-9-18-16(14(13)10-17-15)12-7-3-4-8-12/h1,3,5-8,13-16H,2,4,9-10H2. The second-order valence-corrected chi connectivity index (χ2v) is 5.52. The van der Waals surface area contributed by atoms with E-state index in [1.807, 2.05) is 0 Å². The first kappa shape index (κ1) is 10.8. The summed E-state index contributed by atoms with van der Waals surface area (Å²) in [6.07, 6.45) is 16.1. The number of ether oxygens (including phenoxy) is 2. The van der Waals surface area contributed by atoms with Gasteiger partial charge in [0.25, 0.3) is 0 Å². The summed E-state index contributed by atoms with van der Waals surface area (Å²) >= 11 is 0. The third-order valence-electron chi connectivity index (χ3n) is 4.52. The quantitative estimate of drug-likeness (QED) is 0.741. The van der Waals surface area contributed by atoms with Crippen molar-refractivity contribution in [3.63, 3.8) is 0 Å². The van der Waals surface area contributed by atoms with Gasteiger partial charge < -0.3 is 9.47 Å². The van der Waals surface area contributed by atoms with Crippen molar-refractivity contribution in [2.75, 3.05) is 13.2 Å². The van der Waals surface area contributed by atoms with Gasteiger partial charge in [0.05, 0.1) is 25.4 Å². The lowest BCUT2D eigenvalue weighted by molar-refractivity contribution is 0.0476. The molecular formula is C16H18O2. The molecule has 0 saturated carbocycles. The van der Waals surface area contributed by atoms with E-state index in [0.717, 1.165) is 26.1 Å². The molecule has 2 saturated heterocycles. The van der Waals surface area contributed by atoms with Crippen LogP contribution < -0.4 is 0 Å². The van der Waals surface area contributed by atoms with E-state index >= 15 is 0 Å². The Morgan fingerprint density at radius 1 is 0.778 bits per heavy atom. The molecule has 18 heavy (non-hydrogen) atoms. The fraction of sp³-hybridized carbons (Fsp3) is 0.500. The molecular weight excluding hydrogens is 224 g/mol. The zero-order valence-electron chi connectivity index (χ0n) is 10.4. The predicted molar refractivity (Wildman–Crippen MR) is 70.1 cm³/mol. The molecule has 2 heteroatoms. The molecule has 4 atom stereocenters. The molecule has 4 rings (SSSR count). The number of allylic oxidation sites excluding steroid dienone is 4. The Labute approximate surface area is 108 Å². The molecule has 0 aromatic carbocycles. The highest BCUT2D eigenvalue weighted by Crippen LogP contribution is 2.43. The summed E-state index contributed by atoms with van der Waals surface area (Å²) in [4.78, 5) is 0. The van der Waals surface area contributed by atoms with Gasteiger partial charge in [-0.3, -0.25) is 0 Å². The summed E-state index contributed by atoms with van der Waals surface area (Å²) in [5.41, 5.74) is 2.73. The molecule has 2 heterocycles. The summed E-state index contributed by atoms with van der Waals surface area (Å²) in [6, 6.07) is 0. The Morgan fingerprint density at radius 2 is 1.28 bits per heavy atom. The van der Waals surface area contributed by atoms with Crippen LogP contribution in [0.15, 0.2) is 47.6 Å². The third kappa shape index (κ3) is 1.56. The Bertz CT molecular complexity index is 425. The molecule has 2 fully saturated rings. The molecule has 0 aromatic rings. The third-order valence-corrected chi connectivity index (χ3v) is 4.52. The van der Waals surface area contributed by atoms with E-state index in [9.17, 15) is 0 Å². The lowest BCUT2D eigenvalue weighted by Crippen LogP contribution is -2.23. The average Bonchev–Trinajstić information content (AvgIpc) is 3.14. The first-order valence-electron chi connectivity index (χ1n) is 6.90. The summed E-state index contributed by atoms with van der Waals surface area (Å²) < 4.78 is 12.1. The summed E-state index contributed by atoms with van der Waals surface area (Å²) in [5.74, 6) is 1.08. The van der Waals surface area contributed by atoms with Crippen molar-refractivity contribution >= 4 is 0 Å². The second kappa shape index (κ2) is 4.22. The zero-order chi connectivity index (χ0) is 11.9. The number of rotatable bonds is 2. The minimum atomic E-state index is 0.268. The maximum Gasteiger partial charge on any atom is 0.0876 e. The van der Waals surface area contributed by atoms with E-state index in [1.54, 1.807) is 0 Å². The molecule has 4 unspecified atom stereocenters. The molecule has 2 aliphatic heterocycles. The topological polar surface area (TPSA) is 18.5 Å². The van der Waals surface area contributed by atoms with Crippen LogP contribution in [0.4, 0.5) is 0 Å². The smallest absolute Gasteiger partial charge is 0.0876 e. The Balaban J connectivity index is 1.55. The van der Waals surface area contributed by atoms with Crippen LogP contribution in [0.1, 0.15) is 12.8 Å². The molecule has 0 radical (unpaired) electrons. The molecule has 0 aromatic heterocycles.